The number of halogens is 1. The van der Waals surface area contributed by atoms with Gasteiger partial charge in [-0.25, -0.2) is 0 Å². The van der Waals surface area contributed by atoms with E-state index in [2.05, 4.69) is 54.0 Å². The summed E-state index contributed by atoms with van der Waals surface area (Å²) in [4.78, 5) is 2.60. The van der Waals surface area contributed by atoms with Crippen LogP contribution in [0.2, 0.25) is 0 Å². The van der Waals surface area contributed by atoms with Gasteiger partial charge in [-0.05, 0) is 31.4 Å². The fraction of sp³-hybridized carbons (Fsp3) is 0.600. The molecular formula is C15H23ClN2S. The summed E-state index contributed by atoms with van der Waals surface area (Å²) in [6.45, 7) is 9.34. The highest BCUT2D eigenvalue weighted by Crippen LogP contribution is 2.32. The van der Waals surface area contributed by atoms with Crippen molar-refractivity contribution < 1.29 is 0 Å². The van der Waals surface area contributed by atoms with Gasteiger partial charge in [0.05, 0.1) is 0 Å². The second kappa shape index (κ2) is 5.94. The maximum Gasteiger partial charge on any atom is 0.0419 e. The van der Waals surface area contributed by atoms with Gasteiger partial charge in [0.25, 0.3) is 0 Å². The van der Waals surface area contributed by atoms with E-state index >= 15 is 0 Å². The summed E-state index contributed by atoms with van der Waals surface area (Å²) in [6, 6.07) is 6.76. The Hall–Kier alpha value is -0.380. The molecule has 19 heavy (non-hydrogen) atoms. The second-order valence-electron chi connectivity index (χ2n) is 5.95. The number of hydrogen-bond donors (Lipinski definition) is 1. The van der Waals surface area contributed by atoms with Crippen LogP contribution in [0.4, 0.5) is 5.69 Å². The third-order valence-electron chi connectivity index (χ3n) is 3.83. The van der Waals surface area contributed by atoms with Crippen LogP contribution >= 0.6 is 24.2 Å². The predicted octanol–water partition coefficient (Wildman–Crippen LogP) is 3.40. The van der Waals surface area contributed by atoms with Crippen molar-refractivity contribution in [2.75, 3.05) is 30.7 Å². The molecule has 1 aromatic carbocycles. The second-order valence-corrected chi connectivity index (χ2v) is 7.75. The van der Waals surface area contributed by atoms with Crippen LogP contribution in [0, 0.1) is 0 Å². The lowest BCUT2D eigenvalue weighted by atomic mass is 10.1. The molecule has 0 unspecified atom stereocenters. The van der Waals surface area contributed by atoms with Crippen LogP contribution in [0.3, 0.4) is 0 Å². The van der Waals surface area contributed by atoms with Crippen molar-refractivity contribution in [1.82, 2.24) is 4.90 Å². The maximum absolute atomic E-state index is 3.55. The van der Waals surface area contributed by atoms with Crippen LogP contribution < -0.4 is 5.32 Å². The van der Waals surface area contributed by atoms with E-state index in [1.165, 1.54) is 42.1 Å². The number of thioether (sulfide) groups is 1. The first kappa shape index (κ1) is 15.0. The van der Waals surface area contributed by atoms with Crippen molar-refractivity contribution in [1.29, 1.82) is 0 Å². The smallest absolute Gasteiger partial charge is 0.0419 e. The summed E-state index contributed by atoms with van der Waals surface area (Å²) in [6.07, 6.45) is 1.19. The highest BCUT2D eigenvalue weighted by Gasteiger charge is 2.27. The SMILES string of the molecule is CC1(C)CN(Cc2cccc3c2NCC3)CCS1.Cl. The van der Waals surface area contributed by atoms with Crippen molar-refractivity contribution in [2.45, 2.75) is 31.6 Å². The minimum Gasteiger partial charge on any atom is -0.384 e. The fourth-order valence-electron chi connectivity index (χ4n) is 3.03. The van der Waals surface area contributed by atoms with Crippen LogP contribution in [-0.2, 0) is 13.0 Å². The number of nitrogens with one attached hydrogen (secondary N) is 1. The Labute approximate surface area is 126 Å². The highest BCUT2D eigenvalue weighted by molar-refractivity contribution is 8.00. The molecule has 4 heteroatoms. The molecule has 2 aliphatic heterocycles. The average Bonchev–Trinajstić information content (AvgIpc) is 2.77. The number of anilines is 1. The molecule has 0 aromatic heterocycles. The van der Waals surface area contributed by atoms with Crippen molar-refractivity contribution in [3.8, 4) is 0 Å². The van der Waals surface area contributed by atoms with Crippen LogP contribution in [0.15, 0.2) is 18.2 Å². The van der Waals surface area contributed by atoms with Crippen molar-refractivity contribution in [3.63, 3.8) is 0 Å². The molecule has 1 saturated heterocycles. The van der Waals surface area contributed by atoms with Gasteiger partial charge in [0.2, 0.25) is 0 Å². The topological polar surface area (TPSA) is 15.3 Å². The number of benzene rings is 1. The van der Waals surface area contributed by atoms with Crippen LogP contribution in [0.5, 0.6) is 0 Å². The van der Waals surface area contributed by atoms with Gasteiger partial charge in [-0.2, -0.15) is 11.8 Å². The van der Waals surface area contributed by atoms with Crippen molar-refractivity contribution in [3.05, 3.63) is 29.3 Å². The minimum absolute atomic E-state index is 0. The molecule has 2 nitrogen and oxygen atoms in total. The lowest BCUT2D eigenvalue weighted by Crippen LogP contribution is -2.42. The van der Waals surface area contributed by atoms with Crippen LogP contribution in [0.25, 0.3) is 0 Å². The first-order chi connectivity index (χ1) is 8.64. The van der Waals surface area contributed by atoms with Crippen LogP contribution in [-0.4, -0.2) is 35.0 Å². The molecule has 2 aliphatic rings. The lowest BCUT2D eigenvalue weighted by Gasteiger charge is -2.37. The number of hydrogen-bond acceptors (Lipinski definition) is 3. The first-order valence-electron chi connectivity index (χ1n) is 6.85. The summed E-state index contributed by atoms with van der Waals surface area (Å²) < 4.78 is 0.406. The molecule has 0 atom stereocenters. The number of nitrogens with zero attached hydrogens (tertiary/aromatic N) is 1. The predicted molar refractivity (Wildman–Crippen MR) is 87.7 cm³/mol. The first-order valence-corrected chi connectivity index (χ1v) is 7.84. The molecule has 3 rings (SSSR count). The summed E-state index contributed by atoms with van der Waals surface area (Å²) >= 11 is 2.10. The zero-order valence-corrected chi connectivity index (χ0v) is 13.4. The Kier molecular flexibility index (Phi) is 4.70. The van der Waals surface area contributed by atoms with Gasteiger partial charge in [-0.1, -0.05) is 18.2 Å². The highest BCUT2D eigenvalue weighted by atomic mass is 35.5. The molecule has 0 radical (unpaired) electrons. The zero-order chi connectivity index (χ0) is 12.6. The number of fused-ring (bicyclic) bond motifs is 1. The molecule has 1 fully saturated rings. The lowest BCUT2D eigenvalue weighted by molar-refractivity contribution is 0.253. The minimum atomic E-state index is 0. The van der Waals surface area contributed by atoms with Crippen molar-refractivity contribution >= 4 is 29.9 Å². The maximum atomic E-state index is 3.55. The summed E-state index contributed by atoms with van der Waals surface area (Å²) in [5.41, 5.74) is 4.39. The van der Waals surface area contributed by atoms with E-state index in [0.29, 0.717) is 4.75 Å². The van der Waals surface area contributed by atoms with Gasteiger partial charge >= 0.3 is 0 Å². The molecule has 0 saturated carbocycles. The third-order valence-corrected chi connectivity index (χ3v) is 5.13. The molecule has 0 bridgehead atoms. The van der Waals surface area contributed by atoms with Gasteiger partial charge < -0.3 is 5.32 Å². The molecule has 106 valence electrons. The van der Waals surface area contributed by atoms with Gasteiger partial charge in [0, 0.05) is 42.4 Å². The van der Waals surface area contributed by atoms with E-state index < -0.39 is 0 Å². The van der Waals surface area contributed by atoms with E-state index in [4.69, 9.17) is 0 Å². The normalized spacial score (nSPS) is 21.4. The molecule has 0 aliphatic carbocycles. The van der Waals surface area contributed by atoms with Gasteiger partial charge in [0.1, 0.15) is 0 Å². The molecule has 0 spiro atoms. The molecule has 1 N–H and O–H groups in total. The standard InChI is InChI=1S/C15H22N2S.ClH/c1-15(2)11-17(8-9-18-15)10-13-5-3-4-12-6-7-16-14(12)13;/h3-5,16H,6-11H2,1-2H3;1H. The Morgan fingerprint density at radius 2 is 2.21 bits per heavy atom. The largest absolute Gasteiger partial charge is 0.384 e. The summed E-state index contributed by atoms with van der Waals surface area (Å²) in [5.74, 6) is 1.26. The molecule has 2 heterocycles. The summed E-state index contributed by atoms with van der Waals surface area (Å²) in [5, 5.41) is 3.55. The van der Waals surface area contributed by atoms with Crippen LogP contribution in [0.1, 0.15) is 25.0 Å². The Balaban J connectivity index is 0.00000133. The molecule has 1 aromatic rings. The average molecular weight is 299 g/mol. The summed E-state index contributed by atoms with van der Waals surface area (Å²) in [7, 11) is 0. The van der Waals surface area contributed by atoms with E-state index in [1.54, 1.807) is 0 Å². The Bertz CT molecular complexity index is 448. The van der Waals surface area contributed by atoms with Gasteiger partial charge in [-0.3, -0.25) is 4.90 Å². The van der Waals surface area contributed by atoms with E-state index in [1.807, 2.05) is 0 Å². The van der Waals surface area contributed by atoms with E-state index in [0.717, 1.165) is 13.1 Å². The molecule has 0 amide bonds. The quantitative estimate of drug-likeness (QED) is 0.901. The Morgan fingerprint density at radius 1 is 1.37 bits per heavy atom. The number of para-hydroxylation sites is 1. The van der Waals surface area contributed by atoms with Gasteiger partial charge in [0.15, 0.2) is 0 Å². The fourth-order valence-corrected chi connectivity index (χ4v) is 4.21. The number of rotatable bonds is 2. The third kappa shape index (κ3) is 3.39. The van der Waals surface area contributed by atoms with Crippen molar-refractivity contribution in [2.24, 2.45) is 0 Å². The monoisotopic (exact) mass is 298 g/mol. The zero-order valence-electron chi connectivity index (χ0n) is 11.7. The van der Waals surface area contributed by atoms with E-state index in [9.17, 15) is 0 Å². The Morgan fingerprint density at radius 3 is 3.00 bits per heavy atom. The van der Waals surface area contributed by atoms with Gasteiger partial charge in [-0.15, -0.1) is 12.4 Å². The molecular weight excluding hydrogens is 276 g/mol. The van der Waals surface area contributed by atoms with E-state index in [-0.39, 0.29) is 12.4 Å².